The Morgan fingerprint density at radius 1 is 0.705 bits per heavy atom. The molecule has 10 nitrogen and oxygen atoms in total. The van der Waals surface area contributed by atoms with E-state index in [2.05, 4.69) is 0 Å². The van der Waals surface area contributed by atoms with E-state index in [1.54, 1.807) is 60.7 Å². The van der Waals surface area contributed by atoms with Crippen molar-refractivity contribution in [2.45, 2.75) is 26.4 Å². The fraction of sp³-hybridized carbons (Fsp3) is 0.156. The highest BCUT2D eigenvalue weighted by atomic mass is 32.2. The van der Waals surface area contributed by atoms with Crippen LogP contribution in [-0.4, -0.2) is 35.2 Å². The topological polar surface area (TPSA) is 155 Å². The first kappa shape index (κ1) is 27.8. The van der Waals surface area contributed by atoms with Gasteiger partial charge in [0.25, 0.3) is 0 Å². The van der Waals surface area contributed by atoms with E-state index in [0.29, 0.717) is 17.1 Å². The van der Waals surface area contributed by atoms with Crippen molar-refractivity contribution in [2.24, 2.45) is 5.73 Å². The van der Waals surface area contributed by atoms with E-state index >= 15 is 0 Å². The highest BCUT2D eigenvalue weighted by Crippen LogP contribution is 2.62. The predicted octanol–water partition coefficient (Wildman–Crippen LogP) is 4.41. The Hall–Kier alpha value is -4.99. The molecule has 0 radical (unpaired) electrons. The standard InChI is InChI=1S/C32H24N2O8S2/c33-17-32(44(37,38)23-9-5-2-6-10-23)29(25-14-12-21-16-27(25)42-19-40-21)28(24-13-11-20-15-26(24)41-18-39-20)30(31(32)34)43(35,36)22-7-3-1-4-8-22/h1-16,28-29H,18-19,34H2. The highest BCUT2D eigenvalue weighted by molar-refractivity contribution is 7.96. The summed E-state index contributed by atoms with van der Waals surface area (Å²) in [6.07, 6.45) is 0. The second-order valence-corrected chi connectivity index (χ2v) is 14.5. The minimum Gasteiger partial charge on any atom is -0.457 e. The van der Waals surface area contributed by atoms with E-state index in [4.69, 9.17) is 24.7 Å². The summed E-state index contributed by atoms with van der Waals surface area (Å²) in [5, 5.41) is 11.1. The molecule has 3 atom stereocenters. The van der Waals surface area contributed by atoms with Crippen LogP contribution in [0.1, 0.15) is 23.0 Å². The van der Waals surface area contributed by atoms with E-state index in [9.17, 15) is 22.1 Å². The van der Waals surface area contributed by atoms with Crippen LogP contribution in [-0.2, 0) is 19.7 Å². The Morgan fingerprint density at radius 2 is 1.23 bits per heavy atom. The zero-order valence-electron chi connectivity index (χ0n) is 22.9. The first-order chi connectivity index (χ1) is 21.2. The molecule has 2 heterocycles. The normalized spacial score (nSPS) is 22.2. The van der Waals surface area contributed by atoms with Crippen molar-refractivity contribution in [2.75, 3.05) is 13.6 Å². The van der Waals surface area contributed by atoms with Gasteiger partial charge in [0.1, 0.15) is 23.0 Å². The summed E-state index contributed by atoms with van der Waals surface area (Å²) in [6.45, 7) is -0.297. The minimum absolute atomic E-state index is 0.108. The molecular formula is C32H24N2O8S2. The average Bonchev–Trinajstić information content (AvgIpc) is 3.32. The molecule has 12 heteroatoms. The average molecular weight is 629 g/mol. The summed E-state index contributed by atoms with van der Waals surface area (Å²) in [4.78, 5) is -0.706. The van der Waals surface area contributed by atoms with Gasteiger partial charge in [-0.2, -0.15) is 5.26 Å². The molecule has 2 N–H and O–H groups in total. The molecule has 1 aliphatic carbocycles. The van der Waals surface area contributed by atoms with Gasteiger partial charge in [-0.1, -0.05) is 48.5 Å². The number of nitriles is 1. The van der Waals surface area contributed by atoms with E-state index in [1.807, 2.05) is 6.07 Å². The van der Waals surface area contributed by atoms with Gasteiger partial charge in [-0.15, -0.1) is 0 Å². The molecule has 3 unspecified atom stereocenters. The maximum Gasteiger partial charge on any atom is 0.230 e. The van der Waals surface area contributed by atoms with Crippen LogP contribution < -0.4 is 24.7 Å². The molecule has 0 aromatic heterocycles. The van der Waals surface area contributed by atoms with Gasteiger partial charge in [-0.25, -0.2) is 16.8 Å². The third-order valence-electron chi connectivity index (χ3n) is 8.23. The first-order valence-corrected chi connectivity index (χ1v) is 16.5. The Bertz CT molecular complexity index is 2090. The third kappa shape index (κ3) is 3.89. The molecule has 4 aromatic rings. The molecule has 4 aromatic carbocycles. The summed E-state index contributed by atoms with van der Waals surface area (Å²) in [7, 11) is -9.20. The van der Waals surface area contributed by atoms with Crippen molar-refractivity contribution in [1.29, 1.82) is 5.26 Å². The summed E-state index contributed by atoms with van der Waals surface area (Å²) in [5.74, 6) is -1.23. The number of nitrogens with two attached hydrogens (primary N) is 1. The largest absolute Gasteiger partial charge is 0.457 e. The van der Waals surface area contributed by atoms with Crippen LogP contribution in [0.3, 0.4) is 0 Å². The highest BCUT2D eigenvalue weighted by Gasteiger charge is 2.66. The number of allylic oxidation sites excluding steroid dienone is 1. The maximum absolute atomic E-state index is 14.8. The lowest BCUT2D eigenvalue weighted by atomic mass is 9.77. The second kappa shape index (κ2) is 10.0. The van der Waals surface area contributed by atoms with Gasteiger partial charge in [0.2, 0.25) is 38.0 Å². The molecule has 44 heavy (non-hydrogen) atoms. The van der Waals surface area contributed by atoms with Gasteiger partial charge in [0.15, 0.2) is 0 Å². The molecule has 4 bridgehead atoms. The molecule has 0 amide bonds. The predicted molar refractivity (Wildman–Crippen MR) is 157 cm³/mol. The van der Waals surface area contributed by atoms with Gasteiger partial charge in [-0.05, 0) is 36.4 Å². The molecule has 0 saturated carbocycles. The van der Waals surface area contributed by atoms with Crippen LogP contribution in [0, 0.1) is 11.3 Å². The molecular weight excluding hydrogens is 604 g/mol. The lowest BCUT2D eigenvalue weighted by Gasteiger charge is -2.35. The van der Waals surface area contributed by atoms with E-state index in [-0.39, 0.29) is 40.4 Å². The second-order valence-electron chi connectivity index (χ2n) is 10.4. The van der Waals surface area contributed by atoms with Crippen molar-refractivity contribution in [3.05, 3.63) is 119 Å². The Labute approximate surface area is 253 Å². The van der Waals surface area contributed by atoms with Crippen molar-refractivity contribution in [3.8, 4) is 29.1 Å². The summed E-state index contributed by atoms with van der Waals surface area (Å²) in [5.41, 5.74) is 6.81. The van der Waals surface area contributed by atoms with Crippen LogP contribution in [0.2, 0.25) is 0 Å². The van der Waals surface area contributed by atoms with Crippen molar-refractivity contribution in [3.63, 3.8) is 0 Å². The van der Waals surface area contributed by atoms with Gasteiger partial charge in [-0.3, -0.25) is 0 Å². The fourth-order valence-corrected chi connectivity index (χ4v) is 10.1. The number of hydrogen-bond donors (Lipinski definition) is 1. The number of sulfone groups is 2. The van der Waals surface area contributed by atoms with Crippen molar-refractivity contribution >= 4 is 19.7 Å². The molecule has 0 fully saturated rings. The van der Waals surface area contributed by atoms with Crippen LogP contribution in [0.15, 0.2) is 117 Å². The van der Waals surface area contributed by atoms with Crippen LogP contribution >= 0.6 is 0 Å². The minimum atomic E-state index is -4.70. The molecule has 3 aliphatic rings. The van der Waals surface area contributed by atoms with Gasteiger partial charge in [0, 0.05) is 35.1 Å². The summed E-state index contributed by atoms with van der Waals surface area (Å²) in [6, 6.07) is 26.6. The smallest absolute Gasteiger partial charge is 0.230 e. The molecule has 0 saturated heterocycles. The van der Waals surface area contributed by atoms with Crippen LogP contribution in [0.5, 0.6) is 23.0 Å². The zero-order valence-corrected chi connectivity index (χ0v) is 24.5. The Morgan fingerprint density at radius 3 is 1.80 bits per heavy atom. The van der Waals surface area contributed by atoms with E-state index in [0.717, 1.165) is 0 Å². The van der Waals surface area contributed by atoms with Crippen LogP contribution in [0.25, 0.3) is 0 Å². The quantitative estimate of drug-likeness (QED) is 0.325. The monoisotopic (exact) mass is 628 g/mol. The number of benzene rings is 4. The SMILES string of the molecule is N#CC1(S(=O)(=O)c2ccccc2)C(N)=C(S(=O)(=O)c2ccccc2)C(c2ccc3cc2OCO3)C1c1ccc2cc1OCO2. The molecule has 222 valence electrons. The fourth-order valence-electron chi connectivity index (χ4n) is 6.24. The lowest BCUT2D eigenvalue weighted by molar-refractivity contribution is 0.102. The Kier molecular flexibility index (Phi) is 6.35. The number of rotatable bonds is 6. The van der Waals surface area contributed by atoms with Gasteiger partial charge in [0.05, 0.1) is 26.5 Å². The van der Waals surface area contributed by atoms with Crippen molar-refractivity contribution in [1.82, 2.24) is 0 Å². The number of nitrogens with zero attached hydrogens (tertiary/aromatic N) is 1. The number of hydrogen-bond acceptors (Lipinski definition) is 10. The Balaban J connectivity index is 1.62. The molecule has 7 rings (SSSR count). The maximum atomic E-state index is 14.8. The lowest BCUT2D eigenvalue weighted by Crippen LogP contribution is -2.46. The summed E-state index contributed by atoms with van der Waals surface area (Å²) >= 11 is 0. The van der Waals surface area contributed by atoms with Gasteiger partial charge < -0.3 is 24.7 Å². The zero-order chi connectivity index (χ0) is 30.7. The van der Waals surface area contributed by atoms with Crippen molar-refractivity contribution < 1.29 is 35.8 Å². The summed E-state index contributed by atoms with van der Waals surface area (Å²) < 4.78 is 78.8. The van der Waals surface area contributed by atoms with Crippen LogP contribution in [0.4, 0.5) is 0 Å². The number of fused-ring (bicyclic) bond motifs is 4. The third-order valence-corrected chi connectivity index (χ3v) is 12.5. The van der Waals surface area contributed by atoms with E-state index < -0.39 is 46.9 Å². The van der Waals surface area contributed by atoms with E-state index in [1.165, 1.54) is 36.4 Å². The molecule has 0 spiro atoms. The molecule has 2 aliphatic heterocycles. The first-order valence-electron chi connectivity index (χ1n) is 13.5. The number of ether oxygens (including phenoxy) is 4. The van der Waals surface area contributed by atoms with Gasteiger partial charge >= 0.3 is 0 Å².